The summed E-state index contributed by atoms with van der Waals surface area (Å²) in [5.41, 5.74) is -0.829. The molecule has 0 heterocycles. The Hall–Kier alpha value is 1.09. The molecule has 0 saturated heterocycles. The van der Waals surface area contributed by atoms with E-state index in [1.165, 1.54) is 13.8 Å². The van der Waals surface area contributed by atoms with Crippen LogP contribution in [0.1, 0.15) is 27.7 Å². The Balaban J connectivity index is 0. The van der Waals surface area contributed by atoms with E-state index in [9.17, 15) is 12.3 Å². The van der Waals surface area contributed by atoms with Gasteiger partial charge in [-0.1, -0.05) is 27.7 Å². The number of rotatable bonds is 2. The highest BCUT2D eigenvalue weighted by Crippen LogP contribution is 2.32. The molecule has 0 aromatic carbocycles. The van der Waals surface area contributed by atoms with Crippen LogP contribution in [-0.4, -0.2) is 15.1 Å². The van der Waals surface area contributed by atoms with Gasteiger partial charge in [0.05, 0.1) is 0 Å². The third-order valence-electron chi connectivity index (χ3n) is 1.31. The summed E-state index contributed by atoms with van der Waals surface area (Å²) in [6.45, 7) is 6.21. The zero-order chi connectivity index (χ0) is 12.2. The normalized spacial score (nSPS) is 12.9. The Morgan fingerprint density at radius 3 is 0.929 bits per heavy atom. The molecule has 0 bridgehead atoms. The lowest BCUT2D eigenvalue weighted by Crippen LogP contribution is -2.18. The van der Waals surface area contributed by atoms with Gasteiger partial charge in [-0.3, -0.25) is 0 Å². The topological polar surface area (TPSA) is 0 Å². The van der Waals surface area contributed by atoms with Crippen molar-refractivity contribution in [2.24, 2.45) is 0 Å². The molecule has 0 amide bonds. The van der Waals surface area contributed by atoms with E-state index in [4.69, 9.17) is 33.2 Å². The highest BCUT2D eigenvalue weighted by Gasteiger charge is 2.40. The molecule has 0 aromatic heterocycles. The van der Waals surface area contributed by atoms with E-state index in [0.29, 0.717) is 0 Å². The third-order valence-corrected chi connectivity index (χ3v) is 7.86. The quantitative estimate of drug-likeness (QED) is 0.480. The Kier molecular flexibility index (Phi) is 8.28. The summed E-state index contributed by atoms with van der Waals surface area (Å²) in [5, 5.41) is 0. The molecular formula is C6H14Cl3F3Si2. The molecule has 0 unspecified atom stereocenters. The van der Waals surface area contributed by atoms with Gasteiger partial charge in [-0.15, -0.1) is 33.2 Å². The Labute approximate surface area is 99.4 Å². The lowest BCUT2D eigenvalue weighted by atomic mass is 10.6. The van der Waals surface area contributed by atoms with Crippen molar-refractivity contribution in [2.45, 2.75) is 38.8 Å². The minimum Gasteiger partial charge on any atom is -0.237 e. The van der Waals surface area contributed by atoms with Gasteiger partial charge in [-0.2, -0.15) is 0 Å². The lowest BCUT2D eigenvalue weighted by molar-refractivity contribution is 0.447. The van der Waals surface area contributed by atoms with Gasteiger partial charge < -0.3 is 0 Å². The van der Waals surface area contributed by atoms with Crippen LogP contribution < -0.4 is 0 Å². The molecule has 0 rings (SSSR count). The first-order chi connectivity index (χ1) is 5.89. The molecule has 0 aliphatic rings. The van der Waals surface area contributed by atoms with E-state index in [2.05, 4.69) is 0 Å². The van der Waals surface area contributed by atoms with Crippen LogP contribution in [0.2, 0.25) is 11.1 Å². The maximum absolute atomic E-state index is 11.3. The summed E-state index contributed by atoms with van der Waals surface area (Å²) >= 11 is 16.6. The van der Waals surface area contributed by atoms with E-state index in [0.717, 1.165) is 0 Å². The monoisotopic (exact) mass is 304 g/mol. The summed E-state index contributed by atoms with van der Waals surface area (Å²) in [6, 6.07) is -2.32. The van der Waals surface area contributed by atoms with Crippen molar-refractivity contribution in [3.05, 3.63) is 0 Å². The van der Waals surface area contributed by atoms with Crippen LogP contribution >= 0.6 is 33.2 Å². The first kappa shape index (κ1) is 17.5. The molecule has 88 valence electrons. The second-order valence-corrected chi connectivity index (χ2v) is 15.0. The summed E-state index contributed by atoms with van der Waals surface area (Å²) in [7, 11) is -5.23. The molecule has 0 nitrogen and oxygen atoms in total. The van der Waals surface area contributed by atoms with Gasteiger partial charge in [0.2, 0.25) is 0 Å². The highest BCUT2D eigenvalue weighted by molar-refractivity contribution is 7.65. The minimum atomic E-state index is -5.23. The molecule has 0 fully saturated rings. The maximum Gasteiger partial charge on any atom is 0.618 e. The average molecular weight is 306 g/mol. The second kappa shape index (κ2) is 6.63. The summed E-state index contributed by atoms with van der Waals surface area (Å²) in [6.07, 6.45) is 0. The lowest BCUT2D eigenvalue weighted by Gasteiger charge is -2.09. The summed E-state index contributed by atoms with van der Waals surface area (Å²) in [4.78, 5) is 0. The van der Waals surface area contributed by atoms with Crippen LogP contribution in [0, 0.1) is 0 Å². The van der Waals surface area contributed by atoms with Gasteiger partial charge in [-0.25, -0.2) is 12.3 Å². The molecular weight excluding hydrogens is 292 g/mol. The number of hydrogen-bond acceptors (Lipinski definition) is 0. The van der Waals surface area contributed by atoms with Crippen LogP contribution in [0.5, 0.6) is 0 Å². The molecule has 14 heavy (non-hydrogen) atoms. The SMILES string of the molecule is CC(C)[Si](Cl)(Cl)Cl.CC(C)[Si](F)(F)F. The summed E-state index contributed by atoms with van der Waals surface area (Å²) in [5.74, 6) is 0. The van der Waals surface area contributed by atoms with Crippen molar-refractivity contribution >= 4 is 48.3 Å². The molecule has 8 heteroatoms. The van der Waals surface area contributed by atoms with E-state index in [-0.39, 0.29) is 5.54 Å². The van der Waals surface area contributed by atoms with Crippen LogP contribution in [-0.2, 0) is 0 Å². The van der Waals surface area contributed by atoms with Gasteiger partial charge in [0.1, 0.15) is 0 Å². The number of hydrogen-bond donors (Lipinski definition) is 0. The zero-order valence-electron chi connectivity index (χ0n) is 8.42. The van der Waals surface area contributed by atoms with Crippen LogP contribution in [0.3, 0.4) is 0 Å². The molecule has 0 aliphatic heterocycles. The third kappa shape index (κ3) is 11.2. The van der Waals surface area contributed by atoms with Crippen molar-refractivity contribution < 1.29 is 12.3 Å². The fraction of sp³-hybridized carbons (Fsp3) is 1.00. The van der Waals surface area contributed by atoms with Crippen molar-refractivity contribution in [2.75, 3.05) is 0 Å². The standard InChI is InChI=1S/C3H7Cl3Si.C3H7F3Si/c2*1-3(2)7(4,5)6/h2*3H,1-2H3. The largest absolute Gasteiger partial charge is 0.618 e. The molecule has 0 aromatic rings. The maximum atomic E-state index is 11.3. The minimum absolute atomic E-state index is 0.234. The molecule has 0 aliphatic carbocycles. The van der Waals surface area contributed by atoms with Gasteiger partial charge in [-0.05, 0) is 5.54 Å². The first-order valence-electron chi connectivity index (χ1n) is 4.02. The molecule has 0 saturated carbocycles. The first-order valence-corrected chi connectivity index (χ1v) is 10.8. The van der Waals surface area contributed by atoms with E-state index < -0.39 is 20.6 Å². The summed E-state index contributed by atoms with van der Waals surface area (Å²) < 4.78 is 34.0. The Morgan fingerprint density at radius 1 is 0.786 bits per heavy atom. The average Bonchev–Trinajstić information content (AvgIpc) is 1.83. The predicted octanol–water partition coefficient (Wildman–Crippen LogP) is 5.30. The van der Waals surface area contributed by atoms with Gasteiger partial charge in [0, 0.05) is 5.54 Å². The highest BCUT2D eigenvalue weighted by atomic mass is 35.8. The van der Waals surface area contributed by atoms with E-state index in [1.807, 2.05) is 13.8 Å². The van der Waals surface area contributed by atoms with Crippen LogP contribution in [0.25, 0.3) is 0 Å². The van der Waals surface area contributed by atoms with E-state index >= 15 is 0 Å². The fourth-order valence-corrected chi connectivity index (χ4v) is 0. The van der Waals surface area contributed by atoms with Crippen molar-refractivity contribution in [3.8, 4) is 0 Å². The second-order valence-electron chi connectivity index (χ2n) is 3.39. The van der Waals surface area contributed by atoms with E-state index in [1.54, 1.807) is 0 Å². The smallest absolute Gasteiger partial charge is 0.237 e. The molecule has 0 spiro atoms. The van der Waals surface area contributed by atoms with Crippen molar-refractivity contribution in [3.63, 3.8) is 0 Å². The van der Waals surface area contributed by atoms with Crippen LogP contribution in [0.15, 0.2) is 0 Å². The Morgan fingerprint density at radius 2 is 0.929 bits per heavy atom. The molecule has 0 N–H and O–H groups in total. The van der Waals surface area contributed by atoms with Gasteiger partial charge >= 0.3 is 15.1 Å². The van der Waals surface area contributed by atoms with Crippen molar-refractivity contribution in [1.29, 1.82) is 0 Å². The van der Waals surface area contributed by atoms with Gasteiger partial charge in [0.15, 0.2) is 0 Å². The van der Waals surface area contributed by atoms with Gasteiger partial charge in [0.25, 0.3) is 0 Å². The molecule has 0 radical (unpaired) electrons. The van der Waals surface area contributed by atoms with Crippen LogP contribution in [0.4, 0.5) is 12.3 Å². The fourth-order valence-electron chi connectivity index (χ4n) is 0. The number of halogens is 6. The van der Waals surface area contributed by atoms with Crippen molar-refractivity contribution in [1.82, 2.24) is 0 Å². The zero-order valence-corrected chi connectivity index (χ0v) is 12.7. The molecule has 0 atom stereocenters. The predicted molar refractivity (Wildman–Crippen MR) is 62.6 cm³/mol. The Bertz CT molecular complexity index is 135.